The number of ether oxygens (including phenoxy) is 1. The number of rotatable bonds is 1. The number of amides is 1. The van der Waals surface area contributed by atoms with Gasteiger partial charge in [-0.1, -0.05) is 19.3 Å². The van der Waals surface area contributed by atoms with Crippen LogP contribution in [0.2, 0.25) is 0 Å². The highest BCUT2D eigenvalue weighted by atomic mass is 16.6. The summed E-state index contributed by atoms with van der Waals surface area (Å²) >= 11 is 0. The van der Waals surface area contributed by atoms with E-state index >= 15 is 0 Å². The molecule has 2 atom stereocenters. The molecular formula is C11H19NO2. The largest absolute Gasteiger partial charge is 0.444 e. The van der Waals surface area contributed by atoms with E-state index in [0.717, 1.165) is 12.8 Å². The maximum absolute atomic E-state index is 11.6. The average Bonchev–Trinajstić information content (AvgIpc) is 2.43. The molecule has 1 saturated carbocycles. The van der Waals surface area contributed by atoms with Crippen LogP contribution in [0, 0.1) is 0 Å². The Morgan fingerprint density at radius 1 is 1.21 bits per heavy atom. The molecule has 0 aromatic heterocycles. The van der Waals surface area contributed by atoms with Gasteiger partial charge in [0.1, 0.15) is 6.10 Å². The molecule has 1 aliphatic heterocycles. The van der Waals surface area contributed by atoms with E-state index in [1.165, 1.54) is 19.3 Å². The topological polar surface area (TPSA) is 29.5 Å². The molecule has 1 saturated heterocycles. The maximum Gasteiger partial charge on any atom is 0.410 e. The Bertz CT molecular complexity index is 223. The van der Waals surface area contributed by atoms with E-state index < -0.39 is 0 Å². The van der Waals surface area contributed by atoms with Crippen LogP contribution >= 0.6 is 0 Å². The first kappa shape index (κ1) is 9.81. The Kier molecular flexibility index (Phi) is 2.66. The Morgan fingerprint density at radius 3 is 2.36 bits per heavy atom. The highest BCUT2D eigenvalue weighted by Gasteiger charge is 2.40. The molecule has 3 heteroatoms. The SMILES string of the molecule is C[C@@H]1OC(=O)N(C2CCCCC2)[C@@H]1C. The second-order valence-corrected chi connectivity index (χ2v) is 4.53. The van der Waals surface area contributed by atoms with E-state index in [2.05, 4.69) is 6.92 Å². The number of hydrogen-bond acceptors (Lipinski definition) is 2. The zero-order valence-electron chi connectivity index (χ0n) is 9.03. The van der Waals surface area contributed by atoms with Gasteiger partial charge in [0.25, 0.3) is 0 Å². The molecule has 0 radical (unpaired) electrons. The summed E-state index contributed by atoms with van der Waals surface area (Å²) in [7, 11) is 0. The van der Waals surface area contributed by atoms with Gasteiger partial charge in [0.2, 0.25) is 0 Å². The number of carbonyl (C=O) groups is 1. The van der Waals surface area contributed by atoms with Gasteiger partial charge in [-0.05, 0) is 26.7 Å². The Morgan fingerprint density at radius 2 is 1.86 bits per heavy atom. The molecule has 14 heavy (non-hydrogen) atoms. The van der Waals surface area contributed by atoms with Gasteiger partial charge in [-0.2, -0.15) is 0 Å². The van der Waals surface area contributed by atoms with Gasteiger partial charge in [0.05, 0.1) is 6.04 Å². The number of nitrogens with zero attached hydrogens (tertiary/aromatic N) is 1. The molecule has 1 amide bonds. The van der Waals surface area contributed by atoms with Crippen LogP contribution < -0.4 is 0 Å². The third-order valence-electron chi connectivity index (χ3n) is 3.58. The molecule has 1 aliphatic carbocycles. The summed E-state index contributed by atoms with van der Waals surface area (Å²) in [6, 6.07) is 0.696. The van der Waals surface area contributed by atoms with Crippen molar-refractivity contribution in [2.75, 3.05) is 0 Å². The van der Waals surface area contributed by atoms with Crippen LogP contribution in [-0.4, -0.2) is 29.2 Å². The van der Waals surface area contributed by atoms with Crippen LogP contribution in [0.5, 0.6) is 0 Å². The first-order chi connectivity index (χ1) is 6.70. The molecule has 0 aromatic carbocycles. The zero-order chi connectivity index (χ0) is 10.1. The zero-order valence-corrected chi connectivity index (χ0v) is 9.03. The van der Waals surface area contributed by atoms with E-state index in [4.69, 9.17) is 4.74 Å². The normalized spacial score (nSPS) is 34.7. The number of hydrogen-bond donors (Lipinski definition) is 0. The van der Waals surface area contributed by atoms with Gasteiger partial charge in [-0.3, -0.25) is 4.90 Å². The first-order valence-corrected chi connectivity index (χ1v) is 5.69. The summed E-state index contributed by atoms with van der Waals surface area (Å²) in [4.78, 5) is 13.6. The summed E-state index contributed by atoms with van der Waals surface area (Å²) in [5.41, 5.74) is 0. The molecule has 2 fully saturated rings. The molecule has 0 spiro atoms. The van der Waals surface area contributed by atoms with Crippen LogP contribution in [0.3, 0.4) is 0 Å². The van der Waals surface area contributed by atoms with Crippen molar-refractivity contribution in [3.63, 3.8) is 0 Å². The molecule has 2 aliphatic rings. The van der Waals surface area contributed by atoms with Crippen molar-refractivity contribution in [2.24, 2.45) is 0 Å². The van der Waals surface area contributed by atoms with Gasteiger partial charge in [-0.25, -0.2) is 4.79 Å². The monoisotopic (exact) mass is 197 g/mol. The Hall–Kier alpha value is -0.730. The second kappa shape index (κ2) is 3.79. The number of carbonyl (C=O) groups excluding carboxylic acids is 1. The lowest BCUT2D eigenvalue weighted by Gasteiger charge is -2.32. The fourth-order valence-electron chi connectivity index (χ4n) is 2.55. The van der Waals surface area contributed by atoms with Crippen LogP contribution in [0.4, 0.5) is 4.79 Å². The minimum Gasteiger partial charge on any atom is -0.444 e. The third-order valence-corrected chi connectivity index (χ3v) is 3.58. The molecule has 2 rings (SSSR count). The van der Waals surface area contributed by atoms with E-state index in [1.54, 1.807) is 0 Å². The summed E-state index contributed by atoms with van der Waals surface area (Å²) in [6.45, 7) is 4.07. The van der Waals surface area contributed by atoms with Crippen molar-refractivity contribution in [3.05, 3.63) is 0 Å². The third kappa shape index (κ3) is 1.60. The van der Waals surface area contributed by atoms with Crippen molar-refractivity contribution >= 4 is 6.09 Å². The van der Waals surface area contributed by atoms with E-state index in [0.29, 0.717) is 6.04 Å². The number of cyclic esters (lactones) is 1. The quantitative estimate of drug-likeness (QED) is 0.646. The highest BCUT2D eigenvalue weighted by molar-refractivity contribution is 5.71. The molecule has 1 heterocycles. The standard InChI is InChI=1S/C11H19NO2/c1-8-9(2)14-11(13)12(8)10-6-4-3-5-7-10/h8-10H,3-7H2,1-2H3/t8-,9+/m1/s1. The van der Waals surface area contributed by atoms with Gasteiger partial charge >= 0.3 is 6.09 Å². The molecule has 0 bridgehead atoms. The summed E-state index contributed by atoms with van der Waals surface area (Å²) < 4.78 is 5.23. The molecular weight excluding hydrogens is 178 g/mol. The van der Waals surface area contributed by atoms with Crippen molar-refractivity contribution in [3.8, 4) is 0 Å². The van der Waals surface area contributed by atoms with E-state index in [-0.39, 0.29) is 18.2 Å². The van der Waals surface area contributed by atoms with Crippen LogP contribution in [0.15, 0.2) is 0 Å². The molecule has 0 N–H and O–H groups in total. The summed E-state index contributed by atoms with van der Waals surface area (Å²) in [5, 5.41) is 0. The van der Waals surface area contributed by atoms with Gasteiger partial charge in [-0.15, -0.1) is 0 Å². The minimum atomic E-state index is -0.100. The van der Waals surface area contributed by atoms with E-state index in [9.17, 15) is 4.79 Å². The molecule has 0 unspecified atom stereocenters. The Labute approximate surface area is 85.4 Å². The van der Waals surface area contributed by atoms with Crippen LogP contribution in [0.25, 0.3) is 0 Å². The van der Waals surface area contributed by atoms with Crippen molar-refractivity contribution in [2.45, 2.75) is 64.1 Å². The fraction of sp³-hybridized carbons (Fsp3) is 0.909. The molecule has 3 nitrogen and oxygen atoms in total. The van der Waals surface area contributed by atoms with Crippen LogP contribution in [0.1, 0.15) is 46.0 Å². The smallest absolute Gasteiger partial charge is 0.410 e. The lowest BCUT2D eigenvalue weighted by Crippen LogP contribution is -2.42. The predicted octanol–water partition coefficient (Wildman–Crippen LogP) is 2.55. The predicted molar refractivity (Wildman–Crippen MR) is 54.1 cm³/mol. The first-order valence-electron chi connectivity index (χ1n) is 5.69. The van der Waals surface area contributed by atoms with Gasteiger partial charge in [0, 0.05) is 6.04 Å². The fourth-order valence-corrected chi connectivity index (χ4v) is 2.55. The second-order valence-electron chi connectivity index (χ2n) is 4.53. The van der Waals surface area contributed by atoms with Crippen LogP contribution in [-0.2, 0) is 4.74 Å². The lowest BCUT2D eigenvalue weighted by atomic mass is 9.93. The minimum absolute atomic E-state index is 0.0597. The maximum atomic E-state index is 11.6. The average molecular weight is 197 g/mol. The summed E-state index contributed by atoms with van der Waals surface area (Å²) in [6.07, 6.45) is 6.12. The molecule has 0 aromatic rings. The lowest BCUT2D eigenvalue weighted by molar-refractivity contribution is 0.127. The van der Waals surface area contributed by atoms with Crippen molar-refractivity contribution in [1.29, 1.82) is 0 Å². The Balaban J connectivity index is 2.04. The van der Waals surface area contributed by atoms with Crippen molar-refractivity contribution < 1.29 is 9.53 Å². The van der Waals surface area contributed by atoms with Crippen molar-refractivity contribution in [1.82, 2.24) is 4.90 Å². The van der Waals surface area contributed by atoms with Gasteiger partial charge in [0.15, 0.2) is 0 Å². The summed E-state index contributed by atoms with van der Waals surface area (Å²) in [5.74, 6) is 0. The highest BCUT2D eigenvalue weighted by Crippen LogP contribution is 2.29. The van der Waals surface area contributed by atoms with E-state index in [1.807, 2.05) is 11.8 Å². The molecule has 80 valence electrons. The van der Waals surface area contributed by atoms with Gasteiger partial charge < -0.3 is 4.74 Å².